The van der Waals surface area contributed by atoms with E-state index in [9.17, 15) is 14.0 Å². The minimum Gasteiger partial charge on any atom is -0.465 e. The standard InChI is InChI=1S/C16H23FN2O4/c1-16(2,3)23-15(21)19-9-5-8-18-13-10-11(17)6-7-12(13)14(20)22-4/h6-7,10,18H,5,8-9H2,1-4H3,(H,19,21). The molecule has 0 atom stereocenters. The lowest BCUT2D eigenvalue weighted by Crippen LogP contribution is -2.33. The Morgan fingerprint density at radius 2 is 1.91 bits per heavy atom. The summed E-state index contributed by atoms with van der Waals surface area (Å²) in [7, 11) is 1.26. The Hall–Kier alpha value is -2.31. The average molecular weight is 326 g/mol. The maximum Gasteiger partial charge on any atom is 0.407 e. The summed E-state index contributed by atoms with van der Waals surface area (Å²) in [5.41, 5.74) is 0.0717. The van der Waals surface area contributed by atoms with E-state index in [1.165, 1.54) is 25.3 Å². The van der Waals surface area contributed by atoms with E-state index in [0.29, 0.717) is 25.2 Å². The van der Waals surface area contributed by atoms with E-state index in [0.717, 1.165) is 0 Å². The number of benzene rings is 1. The number of carbonyl (C=O) groups is 2. The third-order valence-corrected chi connectivity index (χ3v) is 2.72. The smallest absolute Gasteiger partial charge is 0.407 e. The zero-order chi connectivity index (χ0) is 17.5. The summed E-state index contributed by atoms with van der Waals surface area (Å²) in [6, 6.07) is 3.79. The molecule has 6 nitrogen and oxygen atoms in total. The van der Waals surface area contributed by atoms with E-state index < -0.39 is 23.5 Å². The van der Waals surface area contributed by atoms with E-state index in [-0.39, 0.29) is 5.56 Å². The number of ether oxygens (including phenoxy) is 2. The second kappa shape index (κ2) is 8.36. The lowest BCUT2D eigenvalue weighted by Gasteiger charge is -2.19. The van der Waals surface area contributed by atoms with Gasteiger partial charge in [0.2, 0.25) is 0 Å². The van der Waals surface area contributed by atoms with Crippen molar-refractivity contribution in [2.24, 2.45) is 0 Å². The molecule has 128 valence electrons. The monoisotopic (exact) mass is 326 g/mol. The van der Waals surface area contributed by atoms with Gasteiger partial charge in [-0.05, 0) is 45.4 Å². The molecular weight excluding hydrogens is 303 g/mol. The highest BCUT2D eigenvalue weighted by Gasteiger charge is 2.15. The summed E-state index contributed by atoms with van der Waals surface area (Å²) in [4.78, 5) is 23.1. The second-order valence-corrected chi connectivity index (χ2v) is 5.89. The van der Waals surface area contributed by atoms with Crippen molar-refractivity contribution in [1.29, 1.82) is 0 Å². The SMILES string of the molecule is COC(=O)c1ccc(F)cc1NCCCNC(=O)OC(C)(C)C. The average Bonchev–Trinajstić information content (AvgIpc) is 2.44. The van der Waals surface area contributed by atoms with Gasteiger partial charge in [0.25, 0.3) is 0 Å². The molecule has 0 fully saturated rings. The van der Waals surface area contributed by atoms with Crippen molar-refractivity contribution in [3.63, 3.8) is 0 Å². The Labute approximate surface area is 135 Å². The highest BCUT2D eigenvalue weighted by molar-refractivity contribution is 5.95. The fourth-order valence-electron chi connectivity index (χ4n) is 1.77. The molecule has 0 saturated heterocycles. The van der Waals surface area contributed by atoms with Crippen LogP contribution in [0.15, 0.2) is 18.2 Å². The fourth-order valence-corrected chi connectivity index (χ4v) is 1.77. The number of hydrogen-bond donors (Lipinski definition) is 2. The molecule has 1 amide bonds. The van der Waals surface area contributed by atoms with Crippen LogP contribution < -0.4 is 10.6 Å². The molecular formula is C16H23FN2O4. The molecule has 1 aromatic carbocycles. The summed E-state index contributed by atoms with van der Waals surface area (Å²) in [6.45, 7) is 6.19. The predicted octanol–water partition coefficient (Wildman–Crippen LogP) is 2.94. The largest absolute Gasteiger partial charge is 0.465 e. The zero-order valence-electron chi connectivity index (χ0n) is 13.9. The number of anilines is 1. The first-order valence-electron chi connectivity index (χ1n) is 7.31. The number of amides is 1. The number of halogens is 1. The normalized spacial score (nSPS) is 10.8. The zero-order valence-corrected chi connectivity index (χ0v) is 13.9. The molecule has 23 heavy (non-hydrogen) atoms. The fraction of sp³-hybridized carbons (Fsp3) is 0.500. The summed E-state index contributed by atoms with van der Waals surface area (Å²) in [5.74, 6) is -0.994. The first kappa shape index (κ1) is 18.7. The van der Waals surface area contributed by atoms with Crippen molar-refractivity contribution in [2.75, 3.05) is 25.5 Å². The van der Waals surface area contributed by atoms with Gasteiger partial charge in [-0.2, -0.15) is 0 Å². The van der Waals surface area contributed by atoms with E-state index >= 15 is 0 Å². The summed E-state index contributed by atoms with van der Waals surface area (Å²) < 4.78 is 23.0. The molecule has 0 bridgehead atoms. The molecule has 0 aliphatic heterocycles. The Bertz CT molecular complexity index is 556. The number of carbonyl (C=O) groups excluding carboxylic acids is 2. The van der Waals surface area contributed by atoms with Crippen LogP contribution in [-0.4, -0.2) is 37.9 Å². The van der Waals surface area contributed by atoms with Crippen molar-refractivity contribution in [3.05, 3.63) is 29.6 Å². The summed E-state index contributed by atoms with van der Waals surface area (Å²) >= 11 is 0. The first-order chi connectivity index (χ1) is 10.7. The van der Waals surface area contributed by atoms with Crippen LogP contribution in [0, 0.1) is 5.82 Å². The third kappa shape index (κ3) is 6.99. The van der Waals surface area contributed by atoms with Crippen LogP contribution >= 0.6 is 0 Å². The molecule has 0 aliphatic rings. The number of nitrogens with one attached hydrogen (secondary N) is 2. The minimum absolute atomic E-state index is 0.258. The first-order valence-corrected chi connectivity index (χ1v) is 7.31. The molecule has 0 saturated carbocycles. The van der Waals surface area contributed by atoms with Crippen molar-refractivity contribution in [1.82, 2.24) is 5.32 Å². The number of alkyl carbamates (subject to hydrolysis) is 1. The summed E-state index contributed by atoms with van der Waals surface area (Å²) in [6.07, 6.45) is 0.0922. The van der Waals surface area contributed by atoms with Crippen molar-refractivity contribution in [3.8, 4) is 0 Å². The third-order valence-electron chi connectivity index (χ3n) is 2.72. The van der Waals surface area contributed by atoms with Crippen molar-refractivity contribution < 1.29 is 23.5 Å². The Morgan fingerprint density at radius 1 is 1.22 bits per heavy atom. The van der Waals surface area contributed by atoms with Gasteiger partial charge < -0.3 is 20.1 Å². The highest BCUT2D eigenvalue weighted by Crippen LogP contribution is 2.18. The maximum absolute atomic E-state index is 13.3. The quantitative estimate of drug-likeness (QED) is 0.621. The second-order valence-electron chi connectivity index (χ2n) is 5.89. The van der Waals surface area contributed by atoms with Crippen LogP contribution in [0.4, 0.5) is 14.9 Å². The molecule has 2 N–H and O–H groups in total. The van der Waals surface area contributed by atoms with Crippen molar-refractivity contribution in [2.45, 2.75) is 32.8 Å². The number of esters is 1. The molecule has 0 aromatic heterocycles. The number of hydrogen-bond acceptors (Lipinski definition) is 5. The van der Waals surface area contributed by atoms with Crippen LogP contribution in [0.3, 0.4) is 0 Å². The Morgan fingerprint density at radius 3 is 2.52 bits per heavy atom. The van der Waals surface area contributed by atoms with E-state index in [1.807, 2.05) is 0 Å². The molecule has 0 radical (unpaired) electrons. The molecule has 7 heteroatoms. The lowest BCUT2D eigenvalue weighted by atomic mass is 10.1. The Balaban J connectivity index is 2.43. The predicted molar refractivity (Wildman–Crippen MR) is 85.1 cm³/mol. The van der Waals surface area contributed by atoms with E-state index in [4.69, 9.17) is 4.74 Å². The van der Waals surface area contributed by atoms with E-state index in [2.05, 4.69) is 15.4 Å². The van der Waals surface area contributed by atoms with Gasteiger partial charge in [0, 0.05) is 13.1 Å². The maximum atomic E-state index is 13.3. The van der Waals surface area contributed by atoms with Crippen LogP contribution in [0.5, 0.6) is 0 Å². The van der Waals surface area contributed by atoms with Crippen LogP contribution in [0.1, 0.15) is 37.6 Å². The lowest BCUT2D eigenvalue weighted by molar-refractivity contribution is 0.0526. The molecule has 1 aromatic rings. The molecule has 0 unspecified atom stereocenters. The van der Waals surface area contributed by atoms with Gasteiger partial charge in [0.15, 0.2) is 0 Å². The van der Waals surface area contributed by atoms with Gasteiger partial charge in [-0.3, -0.25) is 0 Å². The topological polar surface area (TPSA) is 76.7 Å². The van der Waals surface area contributed by atoms with Gasteiger partial charge in [-0.25, -0.2) is 14.0 Å². The van der Waals surface area contributed by atoms with Gasteiger partial charge in [0.1, 0.15) is 11.4 Å². The number of methoxy groups -OCH3 is 1. The molecule has 0 aliphatic carbocycles. The molecule has 1 rings (SSSR count). The van der Waals surface area contributed by atoms with Gasteiger partial charge in [-0.1, -0.05) is 0 Å². The van der Waals surface area contributed by atoms with Gasteiger partial charge in [-0.15, -0.1) is 0 Å². The minimum atomic E-state index is -0.542. The van der Waals surface area contributed by atoms with Gasteiger partial charge >= 0.3 is 12.1 Å². The van der Waals surface area contributed by atoms with Crippen molar-refractivity contribution >= 4 is 17.7 Å². The number of rotatable bonds is 6. The summed E-state index contributed by atoms with van der Waals surface area (Å²) in [5, 5.41) is 5.58. The van der Waals surface area contributed by atoms with Crippen LogP contribution in [0.2, 0.25) is 0 Å². The molecule has 0 spiro atoms. The molecule has 0 heterocycles. The van der Waals surface area contributed by atoms with E-state index in [1.54, 1.807) is 20.8 Å². The Kier molecular flexibility index (Phi) is 6.81. The highest BCUT2D eigenvalue weighted by atomic mass is 19.1. The van der Waals surface area contributed by atoms with Crippen LogP contribution in [0.25, 0.3) is 0 Å². The van der Waals surface area contributed by atoms with Crippen LogP contribution in [-0.2, 0) is 9.47 Å². The van der Waals surface area contributed by atoms with Gasteiger partial charge in [0.05, 0.1) is 18.4 Å².